The Balaban J connectivity index is 2.07. The number of nitrogens with zero attached hydrogens (tertiary/aromatic N) is 4. The third kappa shape index (κ3) is 1.58. The van der Waals surface area contributed by atoms with Gasteiger partial charge in [0.25, 0.3) is 0 Å². The maximum absolute atomic E-state index is 6.01. The van der Waals surface area contributed by atoms with Gasteiger partial charge >= 0.3 is 0 Å². The summed E-state index contributed by atoms with van der Waals surface area (Å²) in [7, 11) is 0. The summed E-state index contributed by atoms with van der Waals surface area (Å²) in [5.41, 5.74) is 2.07. The normalized spacial score (nSPS) is 20.5. The summed E-state index contributed by atoms with van der Waals surface area (Å²) >= 11 is 0. The second-order valence-electron chi connectivity index (χ2n) is 5.14. The number of rotatable bonds is 2. The van der Waals surface area contributed by atoms with Crippen molar-refractivity contribution < 1.29 is 4.74 Å². The summed E-state index contributed by atoms with van der Waals surface area (Å²) < 4.78 is 7.67. The monoisotopic (exact) mass is 244 g/mol. The molecule has 0 saturated heterocycles. The molecule has 1 aliphatic heterocycles. The van der Waals surface area contributed by atoms with E-state index in [1.54, 1.807) is 11.0 Å². The van der Waals surface area contributed by atoms with Gasteiger partial charge in [0.15, 0.2) is 0 Å². The van der Waals surface area contributed by atoms with E-state index in [2.05, 4.69) is 42.4 Å². The van der Waals surface area contributed by atoms with Crippen molar-refractivity contribution in [3.05, 3.63) is 30.1 Å². The number of hydrogen-bond acceptors (Lipinski definition) is 4. The van der Waals surface area contributed by atoms with E-state index in [4.69, 9.17) is 4.74 Å². The molecule has 2 heterocycles. The molecule has 3 rings (SSSR count). The van der Waals surface area contributed by atoms with Gasteiger partial charge in [-0.1, -0.05) is 6.92 Å². The quantitative estimate of drug-likeness (QED) is 0.813. The van der Waals surface area contributed by atoms with Crippen LogP contribution in [-0.2, 0) is 0 Å². The van der Waals surface area contributed by atoms with Crippen molar-refractivity contribution in [3.8, 4) is 11.4 Å². The molecule has 1 aliphatic rings. The number of benzene rings is 1. The zero-order valence-corrected chi connectivity index (χ0v) is 10.8. The highest BCUT2D eigenvalue weighted by Gasteiger charge is 2.39. The molecule has 0 spiro atoms. The molecule has 0 fully saturated rings. The molecule has 2 aromatic rings. The zero-order chi connectivity index (χ0) is 12.8. The van der Waals surface area contributed by atoms with E-state index < -0.39 is 0 Å². The summed E-state index contributed by atoms with van der Waals surface area (Å²) in [5, 5.41) is 11.2. The Morgan fingerprint density at radius 3 is 2.89 bits per heavy atom. The van der Waals surface area contributed by atoms with Crippen LogP contribution in [0.4, 0.5) is 0 Å². The van der Waals surface area contributed by atoms with Crippen molar-refractivity contribution in [2.75, 3.05) is 0 Å². The van der Waals surface area contributed by atoms with Crippen molar-refractivity contribution in [1.29, 1.82) is 0 Å². The first-order chi connectivity index (χ1) is 8.62. The number of ether oxygens (including phenoxy) is 1. The van der Waals surface area contributed by atoms with E-state index in [9.17, 15) is 0 Å². The summed E-state index contributed by atoms with van der Waals surface area (Å²) in [5.74, 6) is 1.38. The molecular formula is C13H16N4O. The Bertz CT molecular complexity index is 562. The maximum atomic E-state index is 6.01. The van der Waals surface area contributed by atoms with Crippen LogP contribution in [0, 0.1) is 0 Å². The smallest absolute Gasteiger partial charge is 0.143 e. The van der Waals surface area contributed by atoms with Crippen LogP contribution in [0.2, 0.25) is 0 Å². The second kappa shape index (κ2) is 3.80. The molecule has 5 heteroatoms. The Morgan fingerprint density at radius 2 is 2.22 bits per heavy atom. The minimum Gasteiger partial charge on any atom is -0.487 e. The third-order valence-corrected chi connectivity index (χ3v) is 3.60. The summed E-state index contributed by atoms with van der Waals surface area (Å²) in [4.78, 5) is 0. The molecule has 0 aliphatic carbocycles. The van der Waals surface area contributed by atoms with Crippen LogP contribution >= 0.6 is 0 Å². The van der Waals surface area contributed by atoms with Gasteiger partial charge in [0.2, 0.25) is 0 Å². The molecule has 94 valence electrons. The lowest BCUT2D eigenvalue weighted by Gasteiger charge is -2.25. The topological polar surface area (TPSA) is 52.8 Å². The van der Waals surface area contributed by atoms with Crippen LogP contribution in [0.15, 0.2) is 24.5 Å². The van der Waals surface area contributed by atoms with Gasteiger partial charge in [-0.2, -0.15) is 0 Å². The highest BCUT2D eigenvalue weighted by molar-refractivity contribution is 5.49. The van der Waals surface area contributed by atoms with Crippen LogP contribution in [0.3, 0.4) is 0 Å². The van der Waals surface area contributed by atoms with E-state index in [0.29, 0.717) is 5.92 Å². The highest BCUT2D eigenvalue weighted by Crippen LogP contribution is 2.46. The fourth-order valence-corrected chi connectivity index (χ4v) is 2.76. The largest absolute Gasteiger partial charge is 0.487 e. The average molecular weight is 244 g/mol. The molecule has 1 unspecified atom stereocenters. The van der Waals surface area contributed by atoms with Crippen LogP contribution in [0.1, 0.15) is 38.7 Å². The van der Waals surface area contributed by atoms with E-state index in [0.717, 1.165) is 17.9 Å². The fourth-order valence-electron chi connectivity index (χ4n) is 2.76. The van der Waals surface area contributed by atoms with Gasteiger partial charge in [0.1, 0.15) is 17.7 Å². The van der Waals surface area contributed by atoms with Crippen molar-refractivity contribution in [2.45, 2.75) is 38.7 Å². The van der Waals surface area contributed by atoms with Crippen molar-refractivity contribution in [2.24, 2.45) is 0 Å². The number of tetrazole rings is 1. The predicted molar refractivity (Wildman–Crippen MR) is 66.9 cm³/mol. The molecule has 0 bridgehead atoms. The molecule has 1 atom stereocenters. The first kappa shape index (κ1) is 11.2. The molecule has 0 amide bonds. The summed E-state index contributed by atoms with van der Waals surface area (Å²) in [6.45, 7) is 6.46. The van der Waals surface area contributed by atoms with Crippen molar-refractivity contribution in [3.63, 3.8) is 0 Å². The lowest BCUT2D eigenvalue weighted by atomic mass is 9.85. The van der Waals surface area contributed by atoms with Gasteiger partial charge in [0, 0.05) is 11.5 Å². The third-order valence-electron chi connectivity index (χ3n) is 3.60. The van der Waals surface area contributed by atoms with E-state index >= 15 is 0 Å². The Labute approximate surface area is 106 Å². The Hall–Kier alpha value is -1.91. The van der Waals surface area contributed by atoms with Gasteiger partial charge < -0.3 is 4.74 Å². The van der Waals surface area contributed by atoms with Gasteiger partial charge in [-0.25, -0.2) is 4.68 Å². The maximum Gasteiger partial charge on any atom is 0.143 e. The molecule has 0 saturated carbocycles. The first-order valence-corrected chi connectivity index (χ1v) is 6.18. The summed E-state index contributed by atoms with van der Waals surface area (Å²) in [6, 6.07) is 6.10. The SMILES string of the molecule is CCC1c2cc(-n3cnnn3)ccc2OC1(C)C. The standard InChI is InChI=1S/C13H16N4O/c1-4-11-10-7-9(17-8-14-15-16-17)5-6-12(10)18-13(11,2)3/h5-8,11H,4H2,1-3H3. The van der Waals surface area contributed by atoms with Gasteiger partial charge in [-0.05, 0) is 48.9 Å². The molecule has 1 aromatic carbocycles. The van der Waals surface area contributed by atoms with Crippen LogP contribution in [0.25, 0.3) is 5.69 Å². The fraction of sp³-hybridized carbons (Fsp3) is 0.462. The lowest BCUT2D eigenvalue weighted by Crippen LogP contribution is -2.29. The number of aromatic nitrogens is 4. The van der Waals surface area contributed by atoms with Gasteiger partial charge in [-0.15, -0.1) is 5.10 Å². The van der Waals surface area contributed by atoms with Gasteiger partial charge in [0.05, 0.1) is 5.69 Å². The zero-order valence-electron chi connectivity index (χ0n) is 10.8. The molecule has 18 heavy (non-hydrogen) atoms. The molecule has 5 nitrogen and oxygen atoms in total. The number of hydrogen-bond donors (Lipinski definition) is 0. The second-order valence-corrected chi connectivity index (χ2v) is 5.14. The van der Waals surface area contributed by atoms with Crippen LogP contribution in [0.5, 0.6) is 5.75 Å². The molecule has 0 radical (unpaired) electrons. The average Bonchev–Trinajstić information content (AvgIpc) is 2.91. The molecule has 0 N–H and O–H groups in total. The van der Waals surface area contributed by atoms with Crippen LogP contribution < -0.4 is 4.74 Å². The van der Waals surface area contributed by atoms with E-state index in [-0.39, 0.29) is 5.60 Å². The lowest BCUT2D eigenvalue weighted by molar-refractivity contribution is 0.108. The van der Waals surface area contributed by atoms with E-state index in [1.165, 1.54) is 5.56 Å². The Morgan fingerprint density at radius 1 is 1.39 bits per heavy atom. The Kier molecular flexibility index (Phi) is 2.36. The molecular weight excluding hydrogens is 228 g/mol. The van der Waals surface area contributed by atoms with Gasteiger partial charge in [-0.3, -0.25) is 0 Å². The predicted octanol–water partition coefficient (Wildman–Crippen LogP) is 2.33. The first-order valence-electron chi connectivity index (χ1n) is 6.18. The molecule has 1 aromatic heterocycles. The minimum atomic E-state index is -0.143. The van der Waals surface area contributed by atoms with Crippen LogP contribution in [-0.4, -0.2) is 25.8 Å². The minimum absolute atomic E-state index is 0.143. The number of fused-ring (bicyclic) bond motifs is 1. The van der Waals surface area contributed by atoms with Crippen molar-refractivity contribution >= 4 is 0 Å². The highest BCUT2D eigenvalue weighted by atomic mass is 16.5. The van der Waals surface area contributed by atoms with Crippen molar-refractivity contribution in [1.82, 2.24) is 20.2 Å². The summed E-state index contributed by atoms with van der Waals surface area (Å²) in [6.07, 6.45) is 2.66. The van der Waals surface area contributed by atoms with E-state index in [1.807, 2.05) is 12.1 Å².